The maximum atomic E-state index is 11.1. The first-order chi connectivity index (χ1) is 6.87. The molecule has 2 heteroatoms. The van der Waals surface area contributed by atoms with Gasteiger partial charge in [-0.05, 0) is 32.1 Å². The first-order valence-corrected chi connectivity index (χ1v) is 5.58. The third-order valence-corrected chi connectivity index (χ3v) is 3.05. The van der Waals surface area contributed by atoms with E-state index in [9.17, 15) is 4.79 Å². The molecule has 0 aromatic rings. The van der Waals surface area contributed by atoms with Crippen molar-refractivity contribution in [2.75, 3.05) is 0 Å². The molecular formula is C13H22O2. The third kappa shape index (κ3) is 3.95. The van der Waals surface area contributed by atoms with E-state index < -0.39 is 17.3 Å². The van der Waals surface area contributed by atoms with Gasteiger partial charge in [-0.25, -0.2) is 0 Å². The summed E-state index contributed by atoms with van der Waals surface area (Å²) in [6.07, 6.45) is 7.85. The molecule has 0 radical (unpaired) electrons. The third-order valence-electron chi connectivity index (χ3n) is 3.05. The van der Waals surface area contributed by atoms with Gasteiger partial charge in [0.25, 0.3) is 0 Å². The highest BCUT2D eigenvalue weighted by molar-refractivity contribution is 5.71. The quantitative estimate of drug-likeness (QED) is 0.684. The normalized spacial score (nSPS) is 16.8. The number of hydrogen-bond donors (Lipinski definition) is 1. The van der Waals surface area contributed by atoms with Crippen LogP contribution in [-0.4, -0.2) is 11.1 Å². The Morgan fingerprint density at radius 1 is 1.53 bits per heavy atom. The zero-order valence-corrected chi connectivity index (χ0v) is 10.2. The molecule has 0 spiro atoms. The van der Waals surface area contributed by atoms with Crippen molar-refractivity contribution < 1.29 is 9.90 Å². The largest absolute Gasteiger partial charge is 0.481 e. The van der Waals surface area contributed by atoms with Crippen LogP contribution in [0.25, 0.3) is 0 Å². The fourth-order valence-electron chi connectivity index (χ4n) is 1.83. The lowest BCUT2D eigenvalue weighted by Crippen LogP contribution is -2.32. The van der Waals surface area contributed by atoms with E-state index in [4.69, 9.17) is 11.5 Å². The van der Waals surface area contributed by atoms with E-state index in [1.807, 2.05) is 13.8 Å². The molecule has 0 amide bonds. The maximum absolute atomic E-state index is 11.1. The van der Waals surface area contributed by atoms with E-state index >= 15 is 0 Å². The summed E-state index contributed by atoms with van der Waals surface area (Å²) in [4.78, 5) is 11.1. The number of carboxylic acid groups (broad SMARTS) is 1. The van der Waals surface area contributed by atoms with Gasteiger partial charge in [0.2, 0.25) is 0 Å². The molecule has 2 atom stereocenters. The SMILES string of the molecule is C#CC(C)(CCC(C)C)C(CC)C(=O)O. The van der Waals surface area contributed by atoms with Gasteiger partial charge in [0.1, 0.15) is 0 Å². The Balaban J connectivity index is 4.67. The molecule has 86 valence electrons. The van der Waals surface area contributed by atoms with Crippen LogP contribution < -0.4 is 0 Å². The Morgan fingerprint density at radius 2 is 2.07 bits per heavy atom. The lowest BCUT2D eigenvalue weighted by Gasteiger charge is -2.30. The van der Waals surface area contributed by atoms with Gasteiger partial charge in [-0.1, -0.05) is 26.7 Å². The van der Waals surface area contributed by atoms with Gasteiger partial charge in [0.15, 0.2) is 0 Å². The number of hydrogen-bond acceptors (Lipinski definition) is 1. The highest BCUT2D eigenvalue weighted by Gasteiger charge is 2.36. The highest BCUT2D eigenvalue weighted by atomic mass is 16.4. The molecule has 1 N–H and O–H groups in total. The predicted molar refractivity (Wildman–Crippen MR) is 62.4 cm³/mol. The maximum Gasteiger partial charge on any atom is 0.308 e. The molecule has 2 unspecified atom stereocenters. The molecule has 15 heavy (non-hydrogen) atoms. The van der Waals surface area contributed by atoms with Gasteiger partial charge in [-0.15, -0.1) is 6.42 Å². The molecule has 0 aliphatic heterocycles. The van der Waals surface area contributed by atoms with E-state index in [0.717, 1.165) is 12.8 Å². The molecule has 0 fully saturated rings. The van der Waals surface area contributed by atoms with Crippen molar-refractivity contribution in [2.24, 2.45) is 17.3 Å². The summed E-state index contributed by atoms with van der Waals surface area (Å²) in [7, 11) is 0. The summed E-state index contributed by atoms with van der Waals surface area (Å²) < 4.78 is 0. The van der Waals surface area contributed by atoms with Crippen molar-refractivity contribution in [3.05, 3.63) is 0 Å². The summed E-state index contributed by atoms with van der Waals surface area (Å²) in [6.45, 7) is 8.01. The van der Waals surface area contributed by atoms with Crippen molar-refractivity contribution in [1.82, 2.24) is 0 Å². The Kier molecular flexibility index (Phi) is 5.43. The van der Waals surface area contributed by atoms with Crippen molar-refractivity contribution in [3.63, 3.8) is 0 Å². The van der Waals surface area contributed by atoms with Crippen LogP contribution in [0.1, 0.15) is 47.0 Å². The van der Waals surface area contributed by atoms with Gasteiger partial charge < -0.3 is 5.11 Å². The number of terminal acetylenes is 1. The van der Waals surface area contributed by atoms with Crippen molar-refractivity contribution in [3.8, 4) is 12.3 Å². The first-order valence-electron chi connectivity index (χ1n) is 5.58. The monoisotopic (exact) mass is 210 g/mol. The van der Waals surface area contributed by atoms with Crippen LogP contribution in [0.2, 0.25) is 0 Å². The Bertz CT molecular complexity index is 250. The molecule has 0 saturated heterocycles. The van der Waals surface area contributed by atoms with E-state index in [1.54, 1.807) is 0 Å². The Labute approximate surface area is 93.1 Å². The summed E-state index contributed by atoms with van der Waals surface area (Å²) in [5, 5.41) is 9.11. The van der Waals surface area contributed by atoms with E-state index in [2.05, 4.69) is 19.8 Å². The van der Waals surface area contributed by atoms with Crippen molar-refractivity contribution in [2.45, 2.75) is 47.0 Å². The van der Waals surface area contributed by atoms with Crippen molar-refractivity contribution in [1.29, 1.82) is 0 Å². The molecule has 0 heterocycles. The number of aliphatic carboxylic acids is 1. The van der Waals surface area contributed by atoms with E-state index in [1.165, 1.54) is 0 Å². The Morgan fingerprint density at radius 3 is 2.33 bits per heavy atom. The summed E-state index contributed by atoms with van der Waals surface area (Å²) >= 11 is 0. The number of rotatable bonds is 6. The van der Waals surface area contributed by atoms with Crippen LogP contribution >= 0.6 is 0 Å². The van der Waals surface area contributed by atoms with Crippen molar-refractivity contribution >= 4 is 5.97 Å². The van der Waals surface area contributed by atoms with Gasteiger partial charge in [-0.3, -0.25) is 4.79 Å². The molecule has 0 rings (SSSR count). The topological polar surface area (TPSA) is 37.3 Å². The molecule has 0 saturated carbocycles. The zero-order chi connectivity index (χ0) is 12.1. The standard InChI is InChI=1S/C13H22O2/c1-6-11(12(14)15)13(5,7-2)9-8-10(3)4/h2,10-11H,6,8-9H2,1,3-5H3,(H,14,15). The van der Waals surface area contributed by atoms with Crippen LogP contribution in [0.15, 0.2) is 0 Å². The second-order valence-corrected chi connectivity index (χ2v) is 4.79. The van der Waals surface area contributed by atoms with Crippen LogP contribution in [0.5, 0.6) is 0 Å². The molecule has 0 bridgehead atoms. The summed E-state index contributed by atoms with van der Waals surface area (Å²) in [5.41, 5.74) is -0.509. The molecule has 0 aliphatic rings. The summed E-state index contributed by atoms with van der Waals surface area (Å²) in [6, 6.07) is 0. The molecule has 0 aromatic heterocycles. The Hall–Kier alpha value is -0.970. The fourth-order valence-corrected chi connectivity index (χ4v) is 1.83. The first kappa shape index (κ1) is 14.0. The lowest BCUT2D eigenvalue weighted by atomic mass is 9.72. The average Bonchev–Trinajstić information content (AvgIpc) is 2.15. The van der Waals surface area contributed by atoms with Gasteiger partial charge in [-0.2, -0.15) is 0 Å². The number of carbonyl (C=O) groups is 1. The van der Waals surface area contributed by atoms with Gasteiger partial charge in [0, 0.05) is 5.41 Å². The van der Waals surface area contributed by atoms with E-state index in [-0.39, 0.29) is 0 Å². The fraction of sp³-hybridized carbons (Fsp3) is 0.769. The smallest absolute Gasteiger partial charge is 0.308 e. The predicted octanol–water partition coefficient (Wildman–Crippen LogP) is 3.17. The second-order valence-electron chi connectivity index (χ2n) is 4.79. The molecule has 0 aliphatic carbocycles. The number of carboxylic acids is 1. The molecular weight excluding hydrogens is 188 g/mol. The summed E-state index contributed by atoms with van der Waals surface area (Å²) in [5.74, 6) is 2.04. The lowest BCUT2D eigenvalue weighted by molar-refractivity contribution is -0.145. The molecule has 2 nitrogen and oxygen atoms in total. The van der Waals surface area contributed by atoms with Crippen LogP contribution in [0, 0.1) is 29.6 Å². The average molecular weight is 210 g/mol. The van der Waals surface area contributed by atoms with E-state index in [0.29, 0.717) is 12.3 Å². The minimum Gasteiger partial charge on any atom is -0.481 e. The van der Waals surface area contributed by atoms with Gasteiger partial charge >= 0.3 is 5.97 Å². The van der Waals surface area contributed by atoms with Gasteiger partial charge in [0.05, 0.1) is 5.92 Å². The van der Waals surface area contributed by atoms with Crippen LogP contribution in [0.4, 0.5) is 0 Å². The minimum atomic E-state index is -0.776. The minimum absolute atomic E-state index is 0.429. The van der Waals surface area contributed by atoms with Crippen LogP contribution in [0.3, 0.4) is 0 Å². The van der Waals surface area contributed by atoms with Crippen LogP contribution in [-0.2, 0) is 4.79 Å². The molecule has 0 aromatic carbocycles. The second kappa shape index (κ2) is 5.80. The zero-order valence-electron chi connectivity index (χ0n) is 10.2. The highest BCUT2D eigenvalue weighted by Crippen LogP contribution is 2.35.